The number of ketones is 1. The molecule has 9 atom stereocenters. The lowest BCUT2D eigenvalue weighted by atomic mass is 9.91. The van der Waals surface area contributed by atoms with Crippen LogP contribution >= 0.6 is 23.5 Å². The van der Waals surface area contributed by atoms with Gasteiger partial charge in [0.15, 0.2) is 5.78 Å². The number of fused-ring (bicyclic) bond motifs is 6. The second-order valence-corrected chi connectivity index (χ2v) is 27.7. The number of allylic oxidation sites excluding steroid dienone is 1. The number of halogens is 2. The molecule has 2 bridgehead atoms. The first kappa shape index (κ1) is 72.6. The zero-order valence-electron chi connectivity index (χ0n) is 54.3. The van der Waals surface area contributed by atoms with Crippen molar-refractivity contribution in [1.82, 2.24) is 46.7 Å². The molecule has 4 aliphatic rings. The number of aromatic amines is 1. The summed E-state index contributed by atoms with van der Waals surface area (Å²) in [7, 11) is 0. The van der Waals surface area contributed by atoms with Crippen molar-refractivity contribution in [2.24, 2.45) is 17.4 Å². The van der Waals surface area contributed by atoms with Crippen LogP contribution in [0.5, 0.6) is 5.75 Å². The van der Waals surface area contributed by atoms with Crippen LogP contribution in [0.25, 0.3) is 16.5 Å². The SMILES string of the molecule is C[C@H](O)[C@@H]1NC(=O)[C@@H]2CCCN2C(=O)[C@H](CC2=CCc3ccc(F)cc32)NC(=O)[C@H](Cc2c[nH]c3ccc(F)cc23)CC(=O)CNC(=O)[C@H](CCCCN)NC(=O)CCSCc2cccc(c2)CSC[C@@H](C(N)=O)NC(=O)[C@]2(C)CCCN2C(=O)[C@H](Cc2ccc(O)cc2)NC1=O. The second kappa shape index (κ2) is 33.5. The molecule has 2 fully saturated rings. The summed E-state index contributed by atoms with van der Waals surface area (Å²) in [6.45, 7) is 2.60. The summed E-state index contributed by atoms with van der Waals surface area (Å²) in [6, 6.07) is 13.6. The van der Waals surface area contributed by atoms with Crippen LogP contribution in [-0.2, 0) is 78.7 Å². The predicted molar refractivity (Wildman–Crippen MR) is 363 cm³/mol. The zero-order valence-corrected chi connectivity index (χ0v) is 55.9. The molecule has 27 heteroatoms. The fourth-order valence-electron chi connectivity index (χ4n) is 13.0. The van der Waals surface area contributed by atoms with E-state index in [4.69, 9.17) is 11.5 Å². The first-order chi connectivity index (χ1) is 46.5. The molecule has 0 spiro atoms. The number of nitrogens with one attached hydrogen (secondary N) is 7. The highest BCUT2D eigenvalue weighted by atomic mass is 32.2. The highest BCUT2D eigenvalue weighted by Crippen LogP contribution is 2.35. The lowest BCUT2D eigenvalue weighted by molar-refractivity contribution is -0.147. The minimum atomic E-state index is -1.75. The molecule has 4 aromatic carbocycles. The number of aliphatic hydroxyl groups excluding tert-OH is 1. The third-order valence-electron chi connectivity index (χ3n) is 18.3. The maximum atomic E-state index is 15.4. The van der Waals surface area contributed by atoms with E-state index in [1.165, 1.54) is 94.8 Å². The number of Topliss-reactive ketones (excluding diaryl/α,β-unsaturated/α-hetero) is 1. The fourth-order valence-corrected chi connectivity index (χ4v) is 14.9. The number of phenols is 1. The monoisotopic (exact) mass is 1370 g/mol. The summed E-state index contributed by atoms with van der Waals surface area (Å²) in [5.41, 5.74) is 15.2. The normalized spacial score (nSPS) is 24.7. The van der Waals surface area contributed by atoms with Gasteiger partial charge in [-0.1, -0.05) is 48.5 Å². The molecular weight excluding hydrogens is 1290 g/mol. The van der Waals surface area contributed by atoms with Crippen LogP contribution in [-0.4, -0.2) is 170 Å². The van der Waals surface area contributed by atoms with E-state index in [0.29, 0.717) is 82.7 Å². The molecule has 2 saturated heterocycles. The van der Waals surface area contributed by atoms with Crippen LogP contribution in [0.4, 0.5) is 8.78 Å². The third-order valence-corrected chi connectivity index (χ3v) is 20.5. The Kier molecular flexibility index (Phi) is 25.1. The van der Waals surface area contributed by atoms with E-state index in [-0.39, 0.29) is 76.0 Å². The number of aromatic nitrogens is 1. The number of benzene rings is 4. The van der Waals surface area contributed by atoms with Crippen molar-refractivity contribution in [1.29, 1.82) is 0 Å². The smallest absolute Gasteiger partial charge is 0.246 e. The molecule has 1 aliphatic carbocycles. The van der Waals surface area contributed by atoms with Gasteiger partial charge < -0.3 is 68.4 Å². The number of aromatic hydroxyl groups is 1. The number of thioether (sulfide) groups is 2. The van der Waals surface area contributed by atoms with Gasteiger partial charge in [-0.15, -0.1) is 0 Å². The molecule has 13 N–H and O–H groups in total. The second-order valence-electron chi connectivity index (χ2n) is 25.6. The average molecular weight is 1370 g/mol. The summed E-state index contributed by atoms with van der Waals surface area (Å²) in [5.74, 6) is -8.34. The van der Waals surface area contributed by atoms with Crippen molar-refractivity contribution in [2.75, 3.05) is 37.7 Å². The quantitative estimate of drug-likeness (QED) is 0.0786. The number of primary amides is 1. The first-order valence-electron chi connectivity index (χ1n) is 32.8. The van der Waals surface area contributed by atoms with E-state index in [9.17, 15) is 52.6 Å². The summed E-state index contributed by atoms with van der Waals surface area (Å²) >= 11 is 2.84. The predicted octanol–water partition coefficient (Wildman–Crippen LogP) is 4.02. The molecule has 0 unspecified atom stereocenters. The van der Waals surface area contributed by atoms with Gasteiger partial charge in [0.1, 0.15) is 59.2 Å². The molecule has 4 heterocycles. The van der Waals surface area contributed by atoms with Crippen LogP contribution in [0.15, 0.2) is 97.2 Å². The van der Waals surface area contributed by atoms with E-state index in [2.05, 4.69) is 36.9 Å². The van der Waals surface area contributed by atoms with E-state index in [1.807, 2.05) is 24.3 Å². The van der Waals surface area contributed by atoms with Crippen molar-refractivity contribution in [3.05, 3.63) is 142 Å². The minimum Gasteiger partial charge on any atom is -0.508 e. The summed E-state index contributed by atoms with van der Waals surface area (Å²) in [5, 5.41) is 38.4. The molecule has 97 heavy (non-hydrogen) atoms. The maximum Gasteiger partial charge on any atom is 0.246 e. The number of hydrogen-bond acceptors (Lipinski definition) is 15. The first-order valence-corrected chi connectivity index (χ1v) is 35.1. The van der Waals surface area contributed by atoms with Gasteiger partial charge >= 0.3 is 0 Å². The van der Waals surface area contributed by atoms with E-state index >= 15 is 14.4 Å². The summed E-state index contributed by atoms with van der Waals surface area (Å²) < 4.78 is 29.9. The number of amides is 9. The largest absolute Gasteiger partial charge is 0.508 e. The lowest BCUT2D eigenvalue weighted by Gasteiger charge is -2.37. The van der Waals surface area contributed by atoms with Crippen molar-refractivity contribution in [3.63, 3.8) is 0 Å². The van der Waals surface area contributed by atoms with E-state index in [1.54, 1.807) is 25.3 Å². The van der Waals surface area contributed by atoms with Crippen LogP contribution in [0.2, 0.25) is 0 Å². The molecule has 1 aromatic heterocycles. The molecule has 0 radical (unpaired) electrons. The summed E-state index contributed by atoms with van der Waals surface area (Å²) in [6.07, 6.45) is 3.16. The molecule has 5 aromatic rings. The third kappa shape index (κ3) is 18.9. The van der Waals surface area contributed by atoms with Gasteiger partial charge in [-0.3, -0.25) is 47.9 Å². The summed E-state index contributed by atoms with van der Waals surface area (Å²) in [4.78, 5) is 150. The van der Waals surface area contributed by atoms with Crippen LogP contribution < -0.4 is 43.4 Å². The molecular formula is C70H85F2N11O12S2. The van der Waals surface area contributed by atoms with Gasteiger partial charge in [0.05, 0.1) is 12.6 Å². The van der Waals surface area contributed by atoms with E-state index in [0.717, 1.165) is 16.7 Å². The Morgan fingerprint density at radius 1 is 0.763 bits per heavy atom. The molecule has 518 valence electrons. The van der Waals surface area contributed by atoms with E-state index < -0.39 is 137 Å². The standard InChI is InChI=1S/C70H85F2N11O12S2/c1-40(84)61-66(92)79-56(29-41-12-19-50(85)20-13-41)68(94)83-26-7-23-70(83,2)69(95)80-58(62(74)88)39-97-38-43-9-5-8-42(28-43)37-96-27-22-60(87)77-55(10-3-4-24-73)64(90)76-36-51(86)31-46(30-47-35-75-54-21-18-49(72)34-53(47)54)63(89)78-57(67(93)82-25-6-11-59(82)65(91)81-61)32-45-15-14-44-16-17-48(71)33-52(44)45/h5,8-9,12-13,15-21,28,33-35,40,46,55-59,61,75,84-85H,3-4,6-7,10-11,14,22-27,29-32,36-39,73H2,1-2H3,(H2,74,88)(H,76,90)(H,77,87)(H,78,89)(H,79,92)(H,80,95)(H,81,91)/t40-,46+,55-,56-,57-,58-,59-,61-,70-/m0/s1. The lowest BCUT2D eigenvalue weighted by Crippen LogP contribution is -2.64. The molecule has 0 saturated carbocycles. The van der Waals surface area contributed by atoms with Crippen LogP contribution in [0.3, 0.4) is 0 Å². The van der Waals surface area contributed by atoms with Crippen LogP contribution in [0.1, 0.15) is 111 Å². The number of phenolic OH excluding ortho intramolecular Hbond substituents is 1. The average Bonchev–Trinajstić information content (AvgIpc) is 1.74. The number of rotatable bonds is 12. The molecule has 9 amide bonds. The Labute approximate surface area is 569 Å². The van der Waals surface area contributed by atoms with Gasteiger partial charge in [0.25, 0.3) is 0 Å². The zero-order chi connectivity index (χ0) is 69.5. The van der Waals surface area contributed by atoms with Crippen LogP contribution in [0, 0.1) is 17.6 Å². The maximum absolute atomic E-state index is 15.4. The number of hydrogen-bond donors (Lipinski definition) is 11. The van der Waals surface area contributed by atoms with Crippen molar-refractivity contribution in [3.8, 4) is 5.75 Å². The molecule has 9 rings (SSSR count). The van der Waals surface area contributed by atoms with Gasteiger partial charge in [0.2, 0.25) is 53.2 Å². The number of unbranched alkanes of at least 4 members (excludes halogenated alkanes) is 1. The Bertz CT molecular complexity index is 3780. The topological polar surface area (TPSA) is 358 Å². The Morgan fingerprint density at radius 2 is 1.48 bits per heavy atom. The molecule has 3 aliphatic heterocycles. The minimum absolute atomic E-state index is 0.0209. The van der Waals surface area contributed by atoms with Crippen molar-refractivity contribution in [2.45, 2.75) is 157 Å². The number of aliphatic hydroxyl groups is 1. The number of carbonyl (C=O) groups is 10. The Morgan fingerprint density at radius 3 is 2.23 bits per heavy atom. The van der Waals surface area contributed by atoms with Gasteiger partial charge in [-0.05, 0) is 160 Å². The number of H-pyrrole nitrogens is 1. The van der Waals surface area contributed by atoms with Gasteiger partial charge in [-0.25, -0.2) is 8.78 Å². The van der Waals surface area contributed by atoms with Gasteiger partial charge in [-0.2, -0.15) is 23.5 Å². The number of carbonyl (C=O) groups excluding carboxylic acids is 10. The number of nitrogens with zero attached hydrogens (tertiary/aromatic N) is 2. The highest BCUT2D eigenvalue weighted by Gasteiger charge is 2.49. The fraction of sp³-hybridized carbons (Fsp3) is 0.457. The highest BCUT2D eigenvalue weighted by molar-refractivity contribution is 7.98. The Balaban J connectivity index is 1.03. The van der Waals surface area contributed by atoms with Gasteiger partial charge in [0, 0.05) is 84.8 Å². The number of nitrogens with two attached hydrogens (primary N) is 2. The Hall–Kier alpha value is -8.66. The van der Waals surface area contributed by atoms with Crippen molar-refractivity contribution >= 4 is 98.9 Å². The van der Waals surface area contributed by atoms with Crippen molar-refractivity contribution < 1.29 is 66.9 Å². The molecule has 23 nitrogen and oxygen atoms in total.